The molecule has 1 saturated heterocycles. The summed E-state index contributed by atoms with van der Waals surface area (Å²) in [5.41, 5.74) is 0. The van der Waals surface area contributed by atoms with Crippen molar-refractivity contribution in [1.82, 2.24) is 4.90 Å². The molecular formula is C15H27NO3. The average molecular weight is 269 g/mol. The molecule has 0 atom stereocenters. The van der Waals surface area contributed by atoms with Crippen molar-refractivity contribution in [3.63, 3.8) is 0 Å². The zero-order valence-corrected chi connectivity index (χ0v) is 12.2. The Morgan fingerprint density at radius 1 is 1.11 bits per heavy atom. The second-order valence-electron chi connectivity index (χ2n) is 5.30. The van der Waals surface area contributed by atoms with Crippen molar-refractivity contribution in [2.24, 2.45) is 0 Å². The van der Waals surface area contributed by atoms with Crippen LogP contribution < -0.4 is 0 Å². The predicted molar refractivity (Wildman–Crippen MR) is 75.2 cm³/mol. The Morgan fingerprint density at radius 2 is 1.74 bits per heavy atom. The minimum Gasteiger partial charge on any atom is -0.449 e. The third kappa shape index (κ3) is 7.19. The Bertz CT molecular complexity index is 279. The van der Waals surface area contributed by atoms with Crippen LogP contribution in [0.15, 0.2) is 0 Å². The van der Waals surface area contributed by atoms with Gasteiger partial charge in [-0.15, -0.1) is 0 Å². The highest BCUT2D eigenvalue weighted by Crippen LogP contribution is 2.09. The van der Waals surface area contributed by atoms with Crippen LogP contribution in [0.1, 0.15) is 64.7 Å². The molecule has 0 saturated carbocycles. The largest absolute Gasteiger partial charge is 0.449 e. The van der Waals surface area contributed by atoms with Gasteiger partial charge in [-0.05, 0) is 6.42 Å². The van der Waals surface area contributed by atoms with E-state index in [0.717, 1.165) is 12.8 Å². The van der Waals surface area contributed by atoms with Crippen LogP contribution in [-0.2, 0) is 9.53 Å². The van der Waals surface area contributed by atoms with Crippen molar-refractivity contribution in [3.05, 3.63) is 0 Å². The first-order valence-electron chi connectivity index (χ1n) is 7.67. The second kappa shape index (κ2) is 9.82. The van der Waals surface area contributed by atoms with Crippen LogP contribution >= 0.6 is 0 Å². The summed E-state index contributed by atoms with van der Waals surface area (Å²) in [5.74, 6) is 0.129. The molecule has 1 amide bonds. The molecule has 0 spiro atoms. The third-order valence-corrected chi connectivity index (χ3v) is 3.51. The number of ether oxygens (including phenoxy) is 1. The topological polar surface area (TPSA) is 46.6 Å². The number of hydrogen-bond donors (Lipinski definition) is 0. The molecule has 4 nitrogen and oxygen atoms in total. The Labute approximate surface area is 116 Å². The van der Waals surface area contributed by atoms with Gasteiger partial charge in [-0.3, -0.25) is 4.79 Å². The van der Waals surface area contributed by atoms with Crippen LogP contribution in [0.2, 0.25) is 0 Å². The first kappa shape index (κ1) is 16.0. The molecule has 1 aliphatic rings. The zero-order valence-electron chi connectivity index (χ0n) is 12.2. The number of carbonyl (C=O) groups excluding carboxylic acids is 2. The Morgan fingerprint density at radius 3 is 2.32 bits per heavy atom. The normalized spacial score (nSPS) is 15.0. The van der Waals surface area contributed by atoms with Crippen molar-refractivity contribution in [3.8, 4) is 0 Å². The number of hydrogen-bond acceptors (Lipinski definition) is 3. The summed E-state index contributed by atoms with van der Waals surface area (Å²) in [7, 11) is 0. The summed E-state index contributed by atoms with van der Waals surface area (Å²) in [6, 6.07) is 0. The van der Waals surface area contributed by atoms with Crippen molar-refractivity contribution in [2.75, 3.05) is 19.7 Å². The molecule has 1 aliphatic heterocycles. The van der Waals surface area contributed by atoms with Gasteiger partial charge >= 0.3 is 6.09 Å². The van der Waals surface area contributed by atoms with Gasteiger partial charge in [0, 0.05) is 13.0 Å². The number of rotatable bonds is 9. The predicted octanol–water partition coefficient (Wildman–Crippen LogP) is 3.54. The van der Waals surface area contributed by atoms with Crippen LogP contribution in [0.5, 0.6) is 0 Å². The summed E-state index contributed by atoms with van der Waals surface area (Å²) in [5, 5.41) is 0. The quantitative estimate of drug-likeness (QED) is 0.601. The molecule has 0 aromatic carbocycles. The molecule has 0 aromatic rings. The number of ketones is 1. The van der Waals surface area contributed by atoms with E-state index in [9.17, 15) is 9.59 Å². The standard InChI is InChI=1S/C15H27NO3/c1-2-3-4-5-6-7-8-9-12-19-15(18)16-11-10-14(17)13-16/h2-13H2,1H3. The van der Waals surface area contributed by atoms with Gasteiger partial charge in [0.1, 0.15) is 0 Å². The number of unbranched alkanes of at least 4 members (excludes halogenated alkanes) is 7. The minimum absolute atomic E-state index is 0.129. The molecule has 0 N–H and O–H groups in total. The molecule has 1 heterocycles. The van der Waals surface area contributed by atoms with Crippen molar-refractivity contribution >= 4 is 11.9 Å². The molecule has 4 heteroatoms. The zero-order chi connectivity index (χ0) is 13.9. The SMILES string of the molecule is CCCCCCCCCCOC(=O)N1CCC(=O)C1. The van der Waals surface area contributed by atoms with Gasteiger partial charge in [0.05, 0.1) is 13.2 Å². The van der Waals surface area contributed by atoms with Crippen LogP contribution in [0, 0.1) is 0 Å². The van der Waals surface area contributed by atoms with E-state index in [1.165, 1.54) is 43.4 Å². The monoisotopic (exact) mass is 269 g/mol. The number of likely N-dealkylation sites (tertiary alicyclic amines) is 1. The highest BCUT2D eigenvalue weighted by molar-refractivity contribution is 5.87. The number of Topliss-reactive ketones (excluding diaryl/α,β-unsaturated/α-hetero) is 1. The molecule has 0 bridgehead atoms. The van der Waals surface area contributed by atoms with Gasteiger partial charge in [0.15, 0.2) is 5.78 Å². The van der Waals surface area contributed by atoms with Crippen molar-refractivity contribution < 1.29 is 14.3 Å². The van der Waals surface area contributed by atoms with E-state index in [2.05, 4.69) is 6.92 Å². The smallest absolute Gasteiger partial charge is 0.410 e. The lowest BCUT2D eigenvalue weighted by atomic mass is 10.1. The van der Waals surface area contributed by atoms with Gasteiger partial charge in [0.25, 0.3) is 0 Å². The fourth-order valence-corrected chi connectivity index (χ4v) is 2.27. The lowest BCUT2D eigenvalue weighted by Gasteiger charge is -2.14. The minimum atomic E-state index is -0.325. The number of nitrogens with zero attached hydrogens (tertiary/aromatic N) is 1. The van der Waals surface area contributed by atoms with E-state index >= 15 is 0 Å². The van der Waals surface area contributed by atoms with Crippen molar-refractivity contribution in [1.29, 1.82) is 0 Å². The maximum absolute atomic E-state index is 11.5. The van der Waals surface area contributed by atoms with Crippen molar-refractivity contribution in [2.45, 2.75) is 64.7 Å². The van der Waals surface area contributed by atoms with Gasteiger partial charge < -0.3 is 9.64 Å². The van der Waals surface area contributed by atoms with E-state index in [-0.39, 0.29) is 18.4 Å². The summed E-state index contributed by atoms with van der Waals surface area (Å²) < 4.78 is 5.15. The Kier molecular flexibility index (Phi) is 8.26. The maximum atomic E-state index is 11.5. The fourth-order valence-electron chi connectivity index (χ4n) is 2.27. The van der Waals surface area contributed by atoms with Crippen LogP contribution in [0.25, 0.3) is 0 Å². The number of amides is 1. The highest BCUT2D eigenvalue weighted by Gasteiger charge is 2.24. The summed E-state index contributed by atoms with van der Waals surface area (Å²) in [4.78, 5) is 24.1. The summed E-state index contributed by atoms with van der Waals surface area (Å²) >= 11 is 0. The maximum Gasteiger partial charge on any atom is 0.410 e. The first-order chi connectivity index (χ1) is 9.24. The summed E-state index contributed by atoms with van der Waals surface area (Å²) in [6.07, 6.45) is 10.0. The van der Waals surface area contributed by atoms with E-state index in [4.69, 9.17) is 4.74 Å². The van der Waals surface area contributed by atoms with Crippen LogP contribution in [0.3, 0.4) is 0 Å². The molecule has 1 rings (SSSR count). The molecular weight excluding hydrogens is 242 g/mol. The van der Waals surface area contributed by atoms with E-state index in [1.807, 2.05) is 0 Å². The van der Waals surface area contributed by atoms with E-state index in [1.54, 1.807) is 0 Å². The van der Waals surface area contributed by atoms with E-state index < -0.39 is 0 Å². The molecule has 1 fully saturated rings. The molecule has 19 heavy (non-hydrogen) atoms. The Balaban J connectivity index is 1.88. The highest BCUT2D eigenvalue weighted by atomic mass is 16.6. The fraction of sp³-hybridized carbons (Fsp3) is 0.867. The first-order valence-corrected chi connectivity index (χ1v) is 7.67. The van der Waals surface area contributed by atoms with Gasteiger partial charge in [-0.2, -0.15) is 0 Å². The molecule has 0 radical (unpaired) electrons. The lowest BCUT2D eigenvalue weighted by Crippen LogP contribution is -2.29. The second-order valence-corrected chi connectivity index (χ2v) is 5.30. The van der Waals surface area contributed by atoms with Gasteiger partial charge in [-0.1, -0.05) is 51.9 Å². The third-order valence-electron chi connectivity index (χ3n) is 3.51. The molecule has 110 valence electrons. The van der Waals surface area contributed by atoms with Gasteiger partial charge in [-0.25, -0.2) is 4.79 Å². The lowest BCUT2D eigenvalue weighted by molar-refractivity contribution is -0.116. The van der Waals surface area contributed by atoms with Gasteiger partial charge in [0.2, 0.25) is 0 Å². The van der Waals surface area contributed by atoms with Crippen LogP contribution in [0.4, 0.5) is 4.79 Å². The molecule has 0 aromatic heterocycles. The number of carbonyl (C=O) groups is 2. The molecule has 0 unspecified atom stereocenters. The molecule has 0 aliphatic carbocycles. The average Bonchev–Trinajstić information content (AvgIpc) is 2.83. The Hall–Kier alpha value is -1.06. The summed E-state index contributed by atoms with van der Waals surface area (Å²) in [6.45, 7) is 3.46. The van der Waals surface area contributed by atoms with Crippen LogP contribution in [-0.4, -0.2) is 36.5 Å². The van der Waals surface area contributed by atoms with E-state index in [0.29, 0.717) is 19.6 Å².